The Bertz CT molecular complexity index is 326. The second-order valence-electron chi connectivity index (χ2n) is 4.30. The first kappa shape index (κ1) is 11.3. The van der Waals surface area contributed by atoms with Crippen molar-refractivity contribution in [2.75, 3.05) is 13.7 Å². The molecule has 1 aromatic rings. The predicted molar refractivity (Wildman–Crippen MR) is 63.7 cm³/mol. The molecule has 2 rings (SSSR count). The van der Waals surface area contributed by atoms with Gasteiger partial charge in [0.25, 0.3) is 0 Å². The van der Waals surface area contributed by atoms with Gasteiger partial charge in [-0.1, -0.05) is 12.8 Å². The molecule has 3 heteroatoms. The van der Waals surface area contributed by atoms with Crippen molar-refractivity contribution in [2.45, 2.75) is 25.8 Å². The van der Waals surface area contributed by atoms with Crippen LogP contribution < -0.4 is 15.2 Å². The fourth-order valence-corrected chi connectivity index (χ4v) is 1.70. The smallest absolute Gasteiger partial charge is 0.123 e. The van der Waals surface area contributed by atoms with Gasteiger partial charge in [-0.15, -0.1) is 0 Å². The molecule has 0 aromatic heterocycles. The van der Waals surface area contributed by atoms with Gasteiger partial charge < -0.3 is 15.2 Å². The molecule has 0 heterocycles. The van der Waals surface area contributed by atoms with Crippen LogP contribution in [0, 0.1) is 5.92 Å². The minimum atomic E-state index is 0.510. The van der Waals surface area contributed by atoms with E-state index in [0.29, 0.717) is 6.54 Å². The molecule has 0 atom stereocenters. The summed E-state index contributed by atoms with van der Waals surface area (Å²) < 4.78 is 10.9. The maximum absolute atomic E-state index is 5.71. The third-order valence-corrected chi connectivity index (χ3v) is 2.90. The number of methoxy groups -OCH3 is 1. The predicted octanol–water partition coefficient (Wildman–Crippen LogP) is 2.33. The molecule has 88 valence electrons. The first-order valence-corrected chi connectivity index (χ1v) is 5.82. The largest absolute Gasteiger partial charge is 0.497 e. The molecule has 1 saturated carbocycles. The van der Waals surface area contributed by atoms with Crippen molar-refractivity contribution >= 4 is 0 Å². The van der Waals surface area contributed by atoms with Crippen molar-refractivity contribution < 1.29 is 9.47 Å². The van der Waals surface area contributed by atoms with Crippen molar-refractivity contribution in [3.05, 3.63) is 23.8 Å². The molecule has 2 N–H and O–H groups in total. The van der Waals surface area contributed by atoms with Crippen LogP contribution in [0.4, 0.5) is 0 Å². The molecule has 1 fully saturated rings. The second kappa shape index (κ2) is 5.21. The Morgan fingerprint density at radius 2 is 2.00 bits per heavy atom. The molecule has 0 amide bonds. The number of hydrogen-bond donors (Lipinski definition) is 1. The number of rotatable bonds is 6. The van der Waals surface area contributed by atoms with E-state index in [0.717, 1.165) is 36.0 Å². The average Bonchev–Trinajstić information content (AvgIpc) is 3.12. The van der Waals surface area contributed by atoms with Crippen molar-refractivity contribution in [3.8, 4) is 11.5 Å². The Morgan fingerprint density at radius 1 is 1.25 bits per heavy atom. The highest BCUT2D eigenvalue weighted by atomic mass is 16.5. The summed E-state index contributed by atoms with van der Waals surface area (Å²) in [6.07, 6.45) is 3.90. The molecule has 0 radical (unpaired) electrons. The van der Waals surface area contributed by atoms with E-state index in [9.17, 15) is 0 Å². The highest BCUT2D eigenvalue weighted by Gasteiger charge is 2.20. The lowest BCUT2D eigenvalue weighted by atomic mass is 10.2. The monoisotopic (exact) mass is 221 g/mol. The van der Waals surface area contributed by atoms with Gasteiger partial charge in [-0.3, -0.25) is 0 Å². The fourth-order valence-electron chi connectivity index (χ4n) is 1.70. The van der Waals surface area contributed by atoms with Crippen LogP contribution in [-0.2, 0) is 6.54 Å². The Kier molecular flexibility index (Phi) is 3.67. The first-order valence-electron chi connectivity index (χ1n) is 5.82. The van der Waals surface area contributed by atoms with E-state index in [2.05, 4.69) is 0 Å². The van der Waals surface area contributed by atoms with Gasteiger partial charge in [0.15, 0.2) is 0 Å². The lowest BCUT2D eigenvalue weighted by Crippen LogP contribution is -2.01. The van der Waals surface area contributed by atoms with Crippen molar-refractivity contribution in [3.63, 3.8) is 0 Å². The van der Waals surface area contributed by atoms with Gasteiger partial charge in [0.1, 0.15) is 11.5 Å². The minimum Gasteiger partial charge on any atom is -0.497 e. The molecule has 1 aliphatic rings. The molecule has 0 unspecified atom stereocenters. The zero-order valence-corrected chi connectivity index (χ0v) is 9.74. The Morgan fingerprint density at radius 3 is 2.62 bits per heavy atom. The van der Waals surface area contributed by atoms with Crippen molar-refractivity contribution in [1.29, 1.82) is 0 Å². The summed E-state index contributed by atoms with van der Waals surface area (Å²) in [5.41, 5.74) is 6.66. The number of nitrogens with two attached hydrogens (primary N) is 1. The first-order chi connectivity index (χ1) is 7.81. The van der Waals surface area contributed by atoms with Gasteiger partial charge in [0.2, 0.25) is 0 Å². The van der Waals surface area contributed by atoms with Crippen LogP contribution >= 0.6 is 0 Å². The maximum Gasteiger partial charge on any atom is 0.123 e. The van der Waals surface area contributed by atoms with Gasteiger partial charge in [-0.05, 0) is 30.0 Å². The van der Waals surface area contributed by atoms with Crippen LogP contribution in [0.2, 0.25) is 0 Å². The van der Waals surface area contributed by atoms with E-state index in [-0.39, 0.29) is 0 Å². The molecule has 0 aliphatic heterocycles. The highest BCUT2D eigenvalue weighted by Crippen LogP contribution is 2.32. The van der Waals surface area contributed by atoms with E-state index in [4.69, 9.17) is 15.2 Å². The third-order valence-electron chi connectivity index (χ3n) is 2.90. The van der Waals surface area contributed by atoms with Gasteiger partial charge in [-0.25, -0.2) is 0 Å². The van der Waals surface area contributed by atoms with Gasteiger partial charge in [0.05, 0.1) is 13.7 Å². The summed E-state index contributed by atoms with van der Waals surface area (Å²) in [5.74, 6) is 2.57. The Balaban J connectivity index is 1.94. The standard InChI is InChI=1S/C13H19NO2/c1-15-12-6-11(9-14)7-13(8-12)16-5-4-10-2-3-10/h6-8,10H,2-5,9,14H2,1H3. The molecule has 1 aliphatic carbocycles. The van der Waals surface area contributed by atoms with E-state index < -0.39 is 0 Å². The van der Waals surface area contributed by atoms with Crippen LogP contribution in [0.15, 0.2) is 18.2 Å². The van der Waals surface area contributed by atoms with Crippen LogP contribution in [0.1, 0.15) is 24.8 Å². The zero-order chi connectivity index (χ0) is 11.4. The second-order valence-corrected chi connectivity index (χ2v) is 4.30. The molecule has 0 saturated heterocycles. The van der Waals surface area contributed by atoms with Crippen molar-refractivity contribution in [2.24, 2.45) is 11.7 Å². The van der Waals surface area contributed by atoms with Crippen LogP contribution in [-0.4, -0.2) is 13.7 Å². The summed E-state index contributed by atoms with van der Waals surface area (Å²) in [4.78, 5) is 0. The average molecular weight is 221 g/mol. The van der Waals surface area contributed by atoms with Gasteiger partial charge >= 0.3 is 0 Å². The SMILES string of the molecule is COc1cc(CN)cc(OCCC2CC2)c1. The van der Waals surface area contributed by atoms with E-state index in [1.807, 2.05) is 18.2 Å². The summed E-state index contributed by atoms with van der Waals surface area (Å²) in [7, 11) is 1.66. The summed E-state index contributed by atoms with van der Waals surface area (Å²) in [6.45, 7) is 1.30. The third kappa shape index (κ3) is 3.14. The van der Waals surface area contributed by atoms with E-state index >= 15 is 0 Å². The normalized spacial score (nSPS) is 14.9. The number of hydrogen-bond acceptors (Lipinski definition) is 3. The van der Waals surface area contributed by atoms with E-state index in [1.165, 1.54) is 12.8 Å². The summed E-state index contributed by atoms with van der Waals surface area (Å²) >= 11 is 0. The minimum absolute atomic E-state index is 0.510. The number of ether oxygens (including phenoxy) is 2. The summed E-state index contributed by atoms with van der Waals surface area (Å²) in [5, 5.41) is 0. The molecular formula is C13H19NO2. The number of benzene rings is 1. The van der Waals surface area contributed by atoms with Crippen LogP contribution in [0.3, 0.4) is 0 Å². The molecule has 16 heavy (non-hydrogen) atoms. The van der Waals surface area contributed by atoms with Gasteiger partial charge in [0, 0.05) is 12.6 Å². The highest BCUT2D eigenvalue weighted by molar-refractivity contribution is 5.38. The Labute approximate surface area is 96.5 Å². The lowest BCUT2D eigenvalue weighted by molar-refractivity contribution is 0.300. The molecule has 0 bridgehead atoms. The lowest BCUT2D eigenvalue weighted by Gasteiger charge is -2.09. The summed E-state index contributed by atoms with van der Waals surface area (Å²) in [6, 6.07) is 5.83. The van der Waals surface area contributed by atoms with Crippen LogP contribution in [0.5, 0.6) is 11.5 Å². The molecule has 3 nitrogen and oxygen atoms in total. The van der Waals surface area contributed by atoms with Crippen molar-refractivity contribution in [1.82, 2.24) is 0 Å². The Hall–Kier alpha value is -1.22. The van der Waals surface area contributed by atoms with E-state index in [1.54, 1.807) is 7.11 Å². The molecule has 1 aromatic carbocycles. The van der Waals surface area contributed by atoms with Crippen LogP contribution in [0.25, 0.3) is 0 Å². The maximum atomic E-state index is 5.71. The zero-order valence-electron chi connectivity index (χ0n) is 9.74. The topological polar surface area (TPSA) is 44.5 Å². The quantitative estimate of drug-likeness (QED) is 0.801. The molecular weight excluding hydrogens is 202 g/mol. The fraction of sp³-hybridized carbons (Fsp3) is 0.538. The molecule has 0 spiro atoms. The van der Waals surface area contributed by atoms with Gasteiger partial charge in [-0.2, -0.15) is 0 Å².